The summed E-state index contributed by atoms with van der Waals surface area (Å²) < 4.78 is 0. The normalized spacial score (nSPS) is 10.5. The zero-order valence-electron chi connectivity index (χ0n) is 12.0. The fourth-order valence-electron chi connectivity index (χ4n) is 1.92. The van der Waals surface area contributed by atoms with Crippen LogP contribution in [0.5, 0.6) is 0 Å². The third kappa shape index (κ3) is 3.32. The van der Waals surface area contributed by atoms with Crippen molar-refractivity contribution >= 4 is 11.6 Å². The van der Waals surface area contributed by atoms with Crippen LogP contribution in [0.4, 0.5) is 11.6 Å². The molecule has 3 N–H and O–H groups in total. The maximum Gasteiger partial charge on any atom is 0.148 e. The maximum absolute atomic E-state index is 5.53. The van der Waals surface area contributed by atoms with Crippen LogP contribution in [0, 0.1) is 6.92 Å². The summed E-state index contributed by atoms with van der Waals surface area (Å²) >= 11 is 0. The number of hydrogen-bond donors (Lipinski definition) is 2. The van der Waals surface area contributed by atoms with Gasteiger partial charge < -0.3 is 10.3 Å². The van der Waals surface area contributed by atoms with Crippen molar-refractivity contribution in [2.24, 2.45) is 5.84 Å². The summed E-state index contributed by atoms with van der Waals surface area (Å²) in [6, 6.07) is 0. The third-order valence-corrected chi connectivity index (χ3v) is 3.08. The molecule has 0 aliphatic carbocycles. The number of hydrazine groups is 1. The molecule has 0 atom stereocenters. The highest BCUT2D eigenvalue weighted by Gasteiger charge is 2.14. The van der Waals surface area contributed by atoms with Gasteiger partial charge in [-0.1, -0.05) is 20.3 Å². The largest absolute Gasteiger partial charge is 0.357 e. The van der Waals surface area contributed by atoms with Crippen molar-refractivity contribution in [2.75, 3.05) is 23.4 Å². The van der Waals surface area contributed by atoms with E-state index in [0.29, 0.717) is 0 Å². The lowest BCUT2D eigenvalue weighted by Gasteiger charge is -2.24. The van der Waals surface area contributed by atoms with E-state index < -0.39 is 0 Å². The Balaban J connectivity index is 3.10. The number of aryl methyl sites for hydroxylation is 1. The van der Waals surface area contributed by atoms with Crippen molar-refractivity contribution < 1.29 is 0 Å². The molecule has 0 radical (unpaired) electrons. The number of unbranched alkanes of at least 4 members (excludes halogenated alkanes) is 1. The summed E-state index contributed by atoms with van der Waals surface area (Å²) in [6.07, 6.45) is 3.17. The van der Waals surface area contributed by atoms with Crippen LogP contribution in [-0.4, -0.2) is 23.1 Å². The zero-order valence-corrected chi connectivity index (χ0v) is 12.0. The maximum atomic E-state index is 5.53. The zero-order chi connectivity index (χ0) is 13.5. The highest BCUT2D eigenvalue weighted by atomic mass is 15.3. The SMILES string of the molecule is CCCCN(CC)c1nc(CC)nc(NN)c1C. The predicted octanol–water partition coefficient (Wildman–Crippen LogP) is 2.26. The molecule has 0 aliphatic heterocycles. The van der Waals surface area contributed by atoms with E-state index in [4.69, 9.17) is 5.84 Å². The van der Waals surface area contributed by atoms with Crippen LogP contribution in [0.3, 0.4) is 0 Å². The lowest BCUT2D eigenvalue weighted by molar-refractivity contribution is 0.716. The van der Waals surface area contributed by atoms with E-state index in [2.05, 4.69) is 41.1 Å². The Labute approximate surface area is 110 Å². The Morgan fingerprint density at radius 1 is 1.22 bits per heavy atom. The molecule has 1 rings (SSSR count). The van der Waals surface area contributed by atoms with E-state index in [-0.39, 0.29) is 0 Å². The van der Waals surface area contributed by atoms with E-state index in [9.17, 15) is 0 Å². The molecule has 18 heavy (non-hydrogen) atoms. The van der Waals surface area contributed by atoms with Gasteiger partial charge in [0.25, 0.3) is 0 Å². The topological polar surface area (TPSA) is 67.1 Å². The average molecular weight is 251 g/mol. The van der Waals surface area contributed by atoms with Gasteiger partial charge >= 0.3 is 0 Å². The lowest BCUT2D eigenvalue weighted by atomic mass is 10.2. The summed E-state index contributed by atoms with van der Waals surface area (Å²) in [4.78, 5) is 11.3. The van der Waals surface area contributed by atoms with Gasteiger partial charge in [0.05, 0.1) is 0 Å². The van der Waals surface area contributed by atoms with E-state index >= 15 is 0 Å². The molecule has 102 valence electrons. The molecule has 0 saturated heterocycles. The number of nitrogen functional groups attached to an aromatic ring is 1. The number of anilines is 2. The summed E-state index contributed by atoms with van der Waals surface area (Å²) in [5.74, 6) is 8.09. The number of nitrogens with two attached hydrogens (primary N) is 1. The molecule has 0 saturated carbocycles. The van der Waals surface area contributed by atoms with Gasteiger partial charge in [0.2, 0.25) is 0 Å². The lowest BCUT2D eigenvalue weighted by Crippen LogP contribution is -2.27. The predicted molar refractivity (Wildman–Crippen MR) is 76.8 cm³/mol. The molecular formula is C13H25N5. The molecule has 0 spiro atoms. The molecule has 1 heterocycles. The first-order chi connectivity index (χ1) is 8.67. The third-order valence-electron chi connectivity index (χ3n) is 3.08. The summed E-state index contributed by atoms with van der Waals surface area (Å²) in [7, 11) is 0. The van der Waals surface area contributed by atoms with Crippen molar-refractivity contribution in [3.05, 3.63) is 11.4 Å². The first-order valence-electron chi connectivity index (χ1n) is 6.76. The minimum atomic E-state index is 0.729. The van der Waals surface area contributed by atoms with Crippen LogP contribution in [0.15, 0.2) is 0 Å². The Bertz CT molecular complexity index is 378. The van der Waals surface area contributed by atoms with Gasteiger partial charge in [-0.2, -0.15) is 0 Å². The molecule has 0 fully saturated rings. The van der Waals surface area contributed by atoms with Crippen molar-refractivity contribution in [1.29, 1.82) is 0 Å². The first kappa shape index (κ1) is 14.7. The van der Waals surface area contributed by atoms with Gasteiger partial charge in [-0.05, 0) is 20.3 Å². The van der Waals surface area contributed by atoms with Crippen molar-refractivity contribution in [3.8, 4) is 0 Å². The molecule has 0 unspecified atom stereocenters. The van der Waals surface area contributed by atoms with Gasteiger partial charge in [0.15, 0.2) is 0 Å². The van der Waals surface area contributed by atoms with Gasteiger partial charge in [0, 0.05) is 25.1 Å². The van der Waals surface area contributed by atoms with Gasteiger partial charge in [-0.25, -0.2) is 15.8 Å². The van der Waals surface area contributed by atoms with Crippen LogP contribution in [0.2, 0.25) is 0 Å². The molecule has 0 aliphatic rings. The standard InChI is InChI=1S/C13H25N5/c1-5-8-9-18(7-3)13-10(4)12(17-14)15-11(6-2)16-13/h5-9,14H2,1-4H3,(H,15,16,17). The fraction of sp³-hybridized carbons (Fsp3) is 0.692. The van der Waals surface area contributed by atoms with Crippen molar-refractivity contribution in [2.45, 2.75) is 47.0 Å². The number of hydrogen-bond acceptors (Lipinski definition) is 5. The molecular weight excluding hydrogens is 226 g/mol. The highest BCUT2D eigenvalue weighted by molar-refractivity contribution is 5.58. The minimum absolute atomic E-state index is 0.729. The summed E-state index contributed by atoms with van der Waals surface area (Å²) in [5.41, 5.74) is 3.69. The van der Waals surface area contributed by atoms with Gasteiger partial charge in [-0.15, -0.1) is 0 Å². The van der Waals surface area contributed by atoms with Crippen LogP contribution >= 0.6 is 0 Å². The second kappa shape index (κ2) is 7.16. The van der Waals surface area contributed by atoms with E-state index in [1.807, 2.05) is 6.92 Å². The molecule has 0 aromatic carbocycles. The highest BCUT2D eigenvalue weighted by Crippen LogP contribution is 2.23. The summed E-state index contributed by atoms with van der Waals surface area (Å²) in [5, 5.41) is 0. The van der Waals surface area contributed by atoms with Crippen LogP contribution in [0.25, 0.3) is 0 Å². The quantitative estimate of drug-likeness (QED) is 0.575. The Kier molecular flexibility index (Phi) is 5.85. The van der Waals surface area contributed by atoms with Crippen LogP contribution in [-0.2, 0) is 6.42 Å². The minimum Gasteiger partial charge on any atom is -0.357 e. The summed E-state index contributed by atoms with van der Waals surface area (Å²) in [6.45, 7) is 10.4. The van der Waals surface area contributed by atoms with Crippen LogP contribution in [0.1, 0.15) is 45.0 Å². The van der Waals surface area contributed by atoms with Gasteiger partial charge in [-0.3, -0.25) is 0 Å². The second-order valence-electron chi connectivity index (χ2n) is 4.37. The number of rotatable bonds is 7. The molecule has 0 bridgehead atoms. The Morgan fingerprint density at radius 3 is 2.44 bits per heavy atom. The second-order valence-corrected chi connectivity index (χ2v) is 4.37. The van der Waals surface area contributed by atoms with E-state index in [1.165, 1.54) is 12.8 Å². The smallest absolute Gasteiger partial charge is 0.148 e. The number of nitrogens with zero attached hydrogens (tertiary/aromatic N) is 3. The number of nitrogens with one attached hydrogen (secondary N) is 1. The molecule has 5 heteroatoms. The molecule has 1 aromatic rings. The fourth-order valence-corrected chi connectivity index (χ4v) is 1.92. The Morgan fingerprint density at radius 2 is 1.94 bits per heavy atom. The van der Waals surface area contributed by atoms with Crippen molar-refractivity contribution in [3.63, 3.8) is 0 Å². The average Bonchev–Trinajstić information content (AvgIpc) is 2.41. The Hall–Kier alpha value is -1.36. The van der Waals surface area contributed by atoms with E-state index in [1.54, 1.807) is 0 Å². The number of aromatic nitrogens is 2. The van der Waals surface area contributed by atoms with Gasteiger partial charge in [0.1, 0.15) is 17.5 Å². The first-order valence-corrected chi connectivity index (χ1v) is 6.76. The van der Waals surface area contributed by atoms with Crippen LogP contribution < -0.4 is 16.2 Å². The van der Waals surface area contributed by atoms with Crippen molar-refractivity contribution in [1.82, 2.24) is 9.97 Å². The monoisotopic (exact) mass is 251 g/mol. The van der Waals surface area contributed by atoms with E-state index in [0.717, 1.165) is 42.5 Å². The molecule has 0 amide bonds. The molecule has 5 nitrogen and oxygen atoms in total. The molecule has 1 aromatic heterocycles.